The van der Waals surface area contributed by atoms with Crippen molar-refractivity contribution in [1.82, 2.24) is 9.71 Å². The Labute approximate surface area is 130 Å². The average molecular weight is 376 g/mol. The van der Waals surface area contributed by atoms with E-state index in [1.54, 1.807) is 12.3 Å². The summed E-state index contributed by atoms with van der Waals surface area (Å²) >= 11 is 4.84. The number of hydrogen-bond acceptors (Lipinski definition) is 5. The summed E-state index contributed by atoms with van der Waals surface area (Å²) in [5.74, 6) is 0.370. The van der Waals surface area contributed by atoms with E-state index in [1.165, 1.54) is 17.4 Å². The smallest absolute Gasteiger partial charge is 0.244 e. The van der Waals surface area contributed by atoms with E-state index in [-0.39, 0.29) is 11.4 Å². The maximum absolute atomic E-state index is 12.3. The summed E-state index contributed by atoms with van der Waals surface area (Å²) in [5, 5.41) is 4.86. The second-order valence-corrected chi connectivity index (χ2v) is 7.58. The number of aromatic nitrogens is 1. The summed E-state index contributed by atoms with van der Waals surface area (Å²) in [5.41, 5.74) is 0. The minimum absolute atomic E-state index is 0.164. The lowest BCUT2D eigenvalue weighted by atomic mass is 10.4. The van der Waals surface area contributed by atoms with Crippen LogP contribution in [-0.2, 0) is 16.6 Å². The van der Waals surface area contributed by atoms with E-state index in [0.717, 1.165) is 9.35 Å². The fraction of sp³-hybridized carbons (Fsp3) is 0.250. The molecule has 2 aromatic rings. The Morgan fingerprint density at radius 3 is 2.90 bits per heavy atom. The summed E-state index contributed by atoms with van der Waals surface area (Å²) in [6, 6.07) is 5.04. The molecule has 0 aromatic carbocycles. The molecule has 0 amide bonds. The van der Waals surface area contributed by atoms with E-state index in [4.69, 9.17) is 0 Å². The molecular formula is C12H14BrN3O2S2. The lowest BCUT2D eigenvalue weighted by molar-refractivity contribution is 0.581. The van der Waals surface area contributed by atoms with Crippen LogP contribution in [0.25, 0.3) is 0 Å². The van der Waals surface area contributed by atoms with Crippen molar-refractivity contribution in [2.24, 2.45) is 0 Å². The molecule has 0 bridgehead atoms. The van der Waals surface area contributed by atoms with Crippen molar-refractivity contribution in [3.05, 3.63) is 39.1 Å². The largest absolute Gasteiger partial charge is 0.369 e. The highest BCUT2D eigenvalue weighted by Gasteiger charge is 2.18. The monoisotopic (exact) mass is 375 g/mol. The normalized spacial score (nSPS) is 11.5. The van der Waals surface area contributed by atoms with Crippen molar-refractivity contribution in [1.29, 1.82) is 0 Å². The first-order valence-electron chi connectivity index (χ1n) is 5.94. The number of nitrogens with one attached hydrogen (secondary N) is 2. The van der Waals surface area contributed by atoms with E-state index >= 15 is 0 Å². The lowest BCUT2D eigenvalue weighted by Crippen LogP contribution is -2.24. The third-order valence-corrected chi connectivity index (χ3v) is 5.59. The number of halogens is 1. The van der Waals surface area contributed by atoms with E-state index in [2.05, 4.69) is 31.0 Å². The molecule has 108 valence electrons. The third-order valence-electron chi connectivity index (χ3n) is 2.46. The minimum Gasteiger partial charge on any atom is -0.369 e. The van der Waals surface area contributed by atoms with Gasteiger partial charge in [0.05, 0.1) is 0 Å². The van der Waals surface area contributed by atoms with Gasteiger partial charge in [0.25, 0.3) is 0 Å². The average Bonchev–Trinajstić information content (AvgIpc) is 2.83. The molecule has 2 aromatic heterocycles. The molecule has 0 aliphatic heterocycles. The molecule has 0 atom stereocenters. The number of sulfonamides is 1. The Bertz CT molecular complexity index is 686. The van der Waals surface area contributed by atoms with Gasteiger partial charge < -0.3 is 5.32 Å². The molecule has 0 radical (unpaired) electrons. The molecule has 0 aliphatic rings. The molecule has 20 heavy (non-hydrogen) atoms. The lowest BCUT2D eigenvalue weighted by Gasteiger charge is -2.10. The van der Waals surface area contributed by atoms with Crippen molar-refractivity contribution in [2.75, 3.05) is 11.9 Å². The van der Waals surface area contributed by atoms with Crippen LogP contribution in [0.4, 0.5) is 5.82 Å². The van der Waals surface area contributed by atoms with Crippen LogP contribution < -0.4 is 10.0 Å². The molecule has 2 rings (SSSR count). The maximum atomic E-state index is 12.3. The fourth-order valence-electron chi connectivity index (χ4n) is 1.60. The molecule has 0 unspecified atom stereocenters. The molecule has 2 N–H and O–H groups in total. The third kappa shape index (κ3) is 3.78. The van der Waals surface area contributed by atoms with Crippen molar-refractivity contribution in [3.63, 3.8) is 0 Å². The van der Waals surface area contributed by atoms with Gasteiger partial charge >= 0.3 is 0 Å². The zero-order valence-corrected chi connectivity index (χ0v) is 14.0. The first-order chi connectivity index (χ1) is 9.53. The van der Waals surface area contributed by atoms with Crippen LogP contribution in [0.15, 0.2) is 39.1 Å². The van der Waals surface area contributed by atoms with Gasteiger partial charge in [-0.2, -0.15) is 0 Å². The molecule has 0 saturated heterocycles. The summed E-state index contributed by atoms with van der Waals surface area (Å²) in [6.07, 6.45) is 1.56. The van der Waals surface area contributed by atoms with Gasteiger partial charge in [0, 0.05) is 34.0 Å². The Morgan fingerprint density at radius 2 is 2.25 bits per heavy atom. The van der Waals surface area contributed by atoms with Crippen molar-refractivity contribution in [2.45, 2.75) is 18.4 Å². The summed E-state index contributed by atoms with van der Waals surface area (Å²) < 4.78 is 28.2. The molecule has 5 nitrogen and oxygen atoms in total. The molecule has 0 aliphatic carbocycles. The van der Waals surface area contributed by atoms with Crippen LogP contribution in [0.1, 0.15) is 11.8 Å². The quantitative estimate of drug-likeness (QED) is 0.814. The van der Waals surface area contributed by atoms with E-state index < -0.39 is 10.0 Å². The number of hydrogen-bond donors (Lipinski definition) is 2. The molecule has 8 heteroatoms. The number of rotatable bonds is 6. The van der Waals surface area contributed by atoms with Crippen molar-refractivity contribution < 1.29 is 8.42 Å². The SMILES string of the molecule is CCNc1ncccc1S(=O)(=O)NCc1cc(Br)cs1. The van der Waals surface area contributed by atoms with Crippen LogP contribution in [0.3, 0.4) is 0 Å². The van der Waals surface area contributed by atoms with Crippen molar-refractivity contribution >= 4 is 43.1 Å². The molecule has 0 spiro atoms. The Balaban J connectivity index is 2.18. The first-order valence-corrected chi connectivity index (χ1v) is 9.10. The standard InChI is InChI=1S/C12H14BrN3O2S2/c1-2-14-12-11(4-3-5-15-12)20(17,18)16-7-10-6-9(13)8-19-10/h3-6,8,16H,2,7H2,1H3,(H,14,15). The Kier molecular flexibility index (Phi) is 5.14. The van der Waals surface area contributed by atoms with Gasteiger partial charge in [-0.05, 0) is 41.1 Å². The van der Waals surface area contributed by atoms with Crippen LogP contribution in [0.2, 0.25) is 0 Å². The zero-order chi connectivity index (χ0) is 14.6. The summed E-state index contributed by atoms with van der Waals surface area (Å²) in [6.45, 7) is 2.76. The van der Waals surface area contributed by atoms with Gasteiger partial charge in [0.1, 0.15) is 10.7 Å². The van der Waals surface area contributed by atoms with Gasteiger partial charge in [-0.1, -0.05) is 0 Å². The van der Waals surface area contributed by atoms with Gasteiger partial charge in [-0.3, -0.25) is 0 Å². The highest BCUT2D eigenvalue weighted by atomic mass is 79.9. The maximum Gasteiger partial charge on any atom is 0.244 e. The Hall–Kier alpha value is -0.960. The highest BCUT2D eigenvalue weighted by molar-refractivity contribution is 9.10. The fourth-order valence-corrected chi connectivity index (χ4v) is 4.22. The minimum atomic E-state index is -3.59. The van der Waals surface area contributed by atoms with Gasteiger partial charge in [0.2, 0.25) is 10.0 Å². The highest BCUT2D eigenvalue weighted by Crippen LogP contribution is 2.21. The van der Waals surface area contributed by atoms with Crippen LogP contribution in [-0.4, -0.2) is 19.9 Å². The summed E-state index contributed by atoms with van der Waals surface area (Å²) in [7, 11) is -3.59. The molecule has 0 fully saturated rings. The first kappa shape index (κ1) is 15.4. The molecule has 0 saturated carbocycles. The number of thiophene rings is 1. The van der Waals surface area contributed by atoms with E-state index in [9.17, 15) is 8.42 Å². The number of nitrogens with zero attached hydrogens (tertiary/aromatic N) is 1. The van der Waals surface area contributed by atoms with Crippen LogP contribution >= 0.6 is 27.3 Å². The topological polar surface area (TPSA) is 71.1 Å². The second kappa shape index (κ2) is 6.66. The summed E-state index contributed by atoms with van der Waals surface area (Å²) in [4.78, 5) is 5.16. The van der Waals surface area contributed by atoms with Gasteiger partial charge in [0.15, 0.2) is 0 Å². The number of pyridine rings is 1. The number of anilines is 1. The van der Waals surface area contributed by atoms with E-state index in [0.29, 0.717) is 12.4 Å². The van der Waals surface area contributed by atoms with E-state index in [1.807, 2.05) is 18.4 Å². The predicted molar refractivity (Wildman–Crippen MR) is 84.4 cm³/mol. The molecule has 2 heterocycles. The zero-order valence-electron chi connectivity index (χ0n) is 10.8. The van der Waals surface area contributed by atoms with Crippen molar-refractivity contribution in [3.8, 4) is 0 Å². The second-order valence-electron chi connectivity index (χ2n) is 3.94. The van der Waals surface area contributed by atoms with Gasteiger partial charge in [-0.25, -0.2) is 18.1 Å². The van der Waals surface area contributed by atoms with Gasteiger partial charge in [-0.15, -0.1) is 11.3 Å². The predicted octanol–water partition coefficient (Wildman–Crippen LogP) is 2.82. The molecular weight excluding hydrogens is 362 g/mol. The Morgan fingerprint density at radius 1 is 1.45 bits per heavy atom. The van der Waals surface area contributed by atoms with Crippen LogP contribution in [0, 0.1) is 0 Å². The van der Waals surface area contributed by atoms with Crippen LogP contribution in [0.5, 0.6) is 0 Å².